The first-order valence-electron chi connectivity index (χ1n) is 11.5. The van der Waals surface area contributed by atoms with Gasteiger partial charge in [-0.15, -0.1) is 0 Å². The van der Waals surface area contributed by atoms with Gasteiger partial charge in [0.25, 0.3) is 15.9 Å². The number of sulfonamides is 1. The number of fused-ring (bicyclic) bond motifs is 4. The van der Waals surface area contributed by atoms with Gasteiger partial charge >= 0.3 is 0 Å². The minimum atomic E-state index is -3.92. The van der Waals surface area contributed by atoms with Gasteiger partial charge in [-0.25, -0.2) is 8.42 Å². The van der Waals surface area contributed by atoms with E-state index in [1.807, 2.05) is 37.3 Å². The lowest BCUT2D eigenvalue weighted by Crippen LogP contribution is -2.48. The summed E-state index contributed by atoms with van der Waals surface area (Å²) >= 11 is 0. The molecule has 1 atom stereocenters. The summed E-state index contributed by atoms with van der Waals surface area (Å²) in [5.41, 5.74) is 3.29. The van der Waals surface area contributed by atoms with Crippen LogP contribution in [0.1, 0.15) is 5.56 Å². The second-order valence-corrected chi connectivity index (χ2v) is 10.6. The van der Waals surface area contributed by atoms with E-state index in [0.717, 1.165) is 21.9 Å². The number of carbonyl (C=O) groups is 1. The van der Waals surface area contributed by atoms with Crippen molar-refractivity contribution in [3.05, 3.63) is 96.6 Å². The maximum absolute atomic E-state index is 13.5. The van der Waals surface area contributed by atoms with E-state index in [9.17, 15) is 13.2 Å². The zero-order valence-electron chi connectivity index (χ0n) is 19.3. The molecule has 1 amide bonds. The SMILES string of the molecule is Cc1ccc(S(=O)(=O)N2C[C@H](C(=O)Nc3ccc4c(c3)oc3ccccc34)Oc3ccccc32)cc1. The Morgan fingerprint density at radius 2 is 1.61 bits per heavy atom. The topological polar surface area (TPSA) is 88.9 Å². The molecule has 1 aliphatic rings. The van der Waals surface area contributed by atoms with E-state index >= 15 is 0 Å². The molecule has 7 nitrogen and oxygen atoms in total. The smallest absolute Gasteiger partial charge is 0.267 e. The fraction of sp³-hybridized carbons (Fsp3) is 0.107. The normalized spacial score (nSPS) is 15.5. The molecule has 0 saturated carbocycles. The van der Waals surface area contributed by atoms with Crippen molar-refractivity contribution < 1.29 is 22.4 Å². The Kier molecular flexibility index (Phi) is 5.19. The average molecular weight is 499 g/mol. The lowest BCUT2D eigenvalue weighted by molar-refractivity contribution is -0.122. The summed E-state index contributed by atoms with van der Waals surface area (Å²) in [6, 6.07) is 26.6. The fourth-order valence-corrected chi connectivity index (χ4v) is 5.91. The molecule has 2 heterocycles. The van der Waals surface area contributed by atoms with Crippen molar-refractivity contribution in [3.63, 3.8) is 0 Å². The number of nitrogens with zero attached hydrogens (tertiary/aromatic N) is 1. The molecular formula is C28H22N2O5S. The number of benzene rings is 4. The van der Waals surface area contributed by atoms with Gasteiger partial charge in [-0.1, -0.05) is 48.0 Å². The van der Waals surface area contributed by atoms with Gasteiger partial charge in [-0.05, 0) is 49.4 Å². The Balaban J connectivity index is 1.30. The van der Waals surface area contributed by atoms with Crippen LogP contribution in [-0.4, -0.2) is 27.0 Å². The minimum absolute atomic E-state index is 0.152. The number of carbonyl (C=O) groups excluding carboxylic acids is 1. The van der Waals surface area contributed by atoms with Gasteiger partial charge in [0.2, 0.25) is 0 Å². The lowest BCUT2D eigenvalue weighted by atomic mass is 10.1. The number of aryl methyl sites for hydroxylation is 1. The van der Waals surface area contributed by atoms with Crippen LogP contribution in [0.4, 0.5) is 11.4 Å². The summed E-state index contributed by atoms with van der Waals surface area (Å²) in [5, 5.41) is 4.79. The van der Waals surface area contributed by atoms with E-state index in [1.54, 1.807) is 60.7 Å². The van der Waals surface area contributed by atoms with E-state index < -0.39 is 22.0 Å². The van der Waals surface area contributed by atoms with Gasteiger partial charge in [0.1, 0.15) is 16.9 Å². The highest BCUT2D eigenvalue weighted by molar-refractivity contribution is 7.92. The molecule has 0 fully saturated rings. The quantitative estimate of drug-likeness (QED) is 0.354. The van der Waals surface area contributed by atoms with E-state index in [0.29, 0.717) is 22.7 Å². The number of rotatable bonds is 4. The first-order valence-corrected chi connectivity index (χ1v) is 12.9. The molecule has 36 heavy (non-hydrogen) atoms. The summed E-state index contributed by atoms with van der Waals surface area (Å²) in [6.07, 6.45) is -1.05. The van der Waals surface area contributed by atoms with Gasteiger partial charge in [0.15, 0.2) is 6.10 Å². The van der Waals surface area contributed by atoms with Crippen molar-refractivity contribution in [2.24, 2.45) is 0 Å². The summed E-state index contributed by atoms with van der Waals surface area (Å²) in [4.78, 5) is 13.4. The van der Waals surface area contributed by atoms with E-state index in [4.69, 9.17) is 9.15 Å². The molecule has 0 saturated heterocycles. The van der Waals surface area contributed by atoms with Crippen LogP contribution in [0.5, 0.6) is 5.75 Å². The number of hydrogen-bond acceptors (Lipinski definition) is 5. The standard InChI is InChI=1S/C28H22N2O5S/c1-18-10-13-20(14-11-18)36(32,33)30-17-27(35-25-9-5-3-7-23(25)30)28(31)29-19-12-15-22-21-6-2-4-8-24(21)34-26(22)16-19/h2-16,27H,17H2,1H3,(H,29,31)/t27-/m1/s1. The zero-order chi connectivity index (χ0) is 24.9. The Morgan fingerprint density at radius 3 is 2.44 bits per heavy atom. The molecule has 5 aromatic rings. The molecule has 8 heteroatoms. The third-order valence-corrected chi connectivity index (χ3v) is 8.08. The van der Waals surface area contributed by atoms with Crippen molar-refractivity contribution in [3.8, 4) is 5.75 Å². The summed E-state index contributed by atoms with van der Waals surface area (Å²) in [5.74, 6) is -0.128. The summed E-state index contributed by atoms with van der Waals surface area (Å²) < 4.78 is 40.2. The molecule has 0 spiro atoms. The van der Waals surface area contributed by atoms with E-state index in [1.165, 1.54) is 4.31 Å². The van der Waals surface area contributed by atoms with Crippen LogP contribution in [-0.2, 0) is 14.8 Å². The van der Waals surface area contributed by atoms with Crippen molar-refractivity contribution in [1.29, 1.82) is 0 Å². The number of nitrogens with one attached hydrogen (secondary N) is 1. The predicted molar refractivity (Wildman–Crippen MR) is 139 cm³/mol. The molecule has 1 aromatic heterocycles. The van der Waals surface area contributed by atoms with Crippen LogP contribution in [0.25, 0.3) is 21.9 Å². The molecule has 180 valence electrons. The maximum Gasteiger partial charge on any atom is 0.267 e. The summed E-state index contributed by atoms with van der Waals surface area (Å²) in [7, 11) is -3.92. The highest BCUT2D eigenvalue weighted by Crippen LogP contribution is 2.37. The first kappa shape index (κ1) is 22.2. The van der Waals surface area contributed by atoms with Crippen LogP contribution in [0.2, 0.25) is 0 Å². The molecule has 6 rings (SSSR count). The Bertz CT molecular complexity index is 1720. The van der Waals surface area contributed by atoms with Crippen LogP contribution in [0, 0.1) is 6.92 Å². The third-order valence-electron chi connectivity index (χ3n) is 6.28. The monoisotopic (exact) mass is 498 g/mol. The highest BCUT2D eigenvalue weighted by atomic mass is 32.2. The fourth-order valence-electron chi connectivity index (χ4n) is 4.43. The zero-order valence-corrected chi connectivity index (χ0v) is 20.2. The van der Waals surface area contributed by atoms with Crippen molar-refractivity contribution in [1.82, 2.24) is 0 Å². The molecule has 1 N–H and O–H groups in total. The largest absolute Gasteiger partial charge is 0.476 e. The molecule has 1 aliphatic heterocycles. The molecular weight excluding hydrogens is 476 g/mol. The molecule has 4 aromatic carbocycles. The molecule has 0 aliphatic carbocycles. The van der Waals surface area contributed by atoms with Gasteiger partial charge in [0.05, 0.1) is 17.1 Å². The number of para-hydroxylation sites is 3. The highest BCUT2D eigenvalue weighted by Gasteiger charge is 2.37. The van der Waals surface area contributed by atoms with E-state index in [-0.39, 0.29) is 11.4 Å². The van der Waals surface area contributed by atoms with Gasteiger partial charge < -0.3 is 14.5 Å². The van der Waals surface area contributed by atoms with Crippen molar-refractivity contribution in [2.75, 3.05) is 16.2 Å². The van der Waals surface area contributed by atoms with Gasteiger partial charge in [-0.2, -0.15) is 0 Å². The van der Waals surface area contributed by atoms with E-state index in [2.05, 4.69) is 5.32 Å². The van der Waals surface area contributed by atoms with Gasteiger partial charge in [-0.3, -0.25) is 9.10 Å². The van der Waals surface area contributed by atoms with Crippen LogP contribution in [0.3, 0.4) is 0 Å². The Morgan fingerprint density at radius 1 is 0.889 bits per heavy atom. The lowest BCUT2D eigenvalue weighted by Gasteiger charge is -2.34. The Labute approximate surface area is 208 Å². The minimum Gasteiger partial charge on any atom is -0.476 e. The molecule has 0 unspecified atom stereocenters. The maximum atomic E-state index is 13.5. The third kappa shape index (κ3) is 3.76. The first-order chi connectivity index (χ1) is 17.4. The average Bonchev–Trinajstić information content (AvgIpc) is 3.26. The van der Waals surface area contributed by atoms with Crippen LogP contribution in [0.15, 0.2) is 100 Å². The number of ether oxygens (including phenoxy) is 1. The van der Waals surface area contributed by atoms with Crippen molar-refractivity contribution >= 4 is 49.2 Å². The number of hydrogen-bond donors (Lipinski definition) is 1. The van der Waals surface area contributed by atoms with Crippen LogP contribution < -0.4 is 14.4 Å². The second-order valence-electron chi connectivity index (χ2n) is 8.72. The number of amides is 1. The molecule has 0 bridgehead atoms. The molecule has 0 radical (unpaired) electrons. The second kappa shape index (κ2) is 8.42. The number of furan rings is 1. The Hall–Kier alpha value is -4.30. The number of anilines is 2. The van der Waals surface area contributed by atoms with Crippen LogP contribution >= 0.6 is 0 Å². The predicted octanol–water partition coefficient (Wildman–Crippen LogP) is 5.49. The van der Waals surface area contributed by atoms with Crippen molar-refractivity contribution in [2.45, 2.75) is 17.9 Å². The van der Waals surface area contributed by atoms with Gasteiger partial charge in [0, 0.05) is 22.5 Å². The summed E-state index contributed by atoms with van der Waals surface area (Å²) in [6.45, 7) is 1.73.